The number of hydrogen-bond acceptors (Lipinski definition) is 2. The summed E-state index contributed by atoms with van der Waals surface area (Å²) in [7, 11) is 0. The first-order valence-corrected chi connectivity index (χ1v) is 7.96. The van der Waals surface area contributed by atoms with E-state index in [-0.39, 0.29) is 19.5 Å². The van der Waals surface area contributed by atoms with Gasteiger partial charge in [0.2, 0.25) is 5.91 Å². The summed E-state index contributed by atoms with van der Waals surface area (Å²) in [5, 5.41) is 2.72. The molecule has 1 saturated carbocycles. The van der Waals surface area contributed by atoms with Crippen LogP contribution in [0.4, 0.5) is 13.2 Å². The fourth-order valence-electron chi connectivity index (χ4n) is 4.35. The van der Waals surface area contributed by atoms with Crippen molar-refractivity contribution in [1.29, 1.82) is 0 Å². The molecule has 1 atom stereocenters. The Morgan fingerprint density at radius 2 is 1.62 bits per heavy atom. The lowest BCUT2D eigenvalue weighted by atomic mass is 9.76. The van der Waals surface area contributed by atoms with Crippen LogP contribution in [0.2, 0.25) is 0 Å². The van der Waals surface area contributed by atoms with Crippen molar-refractivity contribution in [2.75, 3.05) is 26.2 Å². The van der Waals surface area contributed by atoms with Crippen molar-refractivity contribution in [3.05, 3.63) is 0 Å². The highest BCUT2D eigenvalue weighted by molar-refractivity contribution is 5.84. The molecule has 0 aromatic carbocycles. The second-order valence-electron chi connectivity index (χ2n) is 7.01. The molecule has 3 fully saturated rings. The number of rotatable bonds is 1. The number of carbonyl (C=O) groups is 1. The van der Waals surface area contributed by atoms with Crippen molar-refractivity contribution in [1.82, 2.24) is 10.2 Å². The molecule has 1 spiro atoms. The summed E-state index contributed by atoms with van der Waals surface area (Å²) in [4.78, 5) is 14.0. The van der Waals surface area contributed by atoms with E-state index in [0.717, 1.165) is 12.8 Å². The Kier molecular flexibility index (Phi) is 3.71. The van der Waals surface area contributed by atoms with Crippen molar-refractivity contribution in [3.8, 4) is 0 Å². The smallest absolute Gasteiger partial charge is 0.342 e. The molecular weight excluding hydrogens is 281 g/mol. The lowest BCUT2D eigenvalue weighted by molar-refractivity contribution is -0.222. The zero-order valence-electron chi connectivity index (χ0n) is 12.3. The van der Waals surface area contributed by atoms with Gasteiger partial charge in [0.05, 0.1) is 0 Å². The number of halogens is 3. The first-order chi connectivity index (χ1) is 9.89. The Balaban J connectivity index is 1.71. The van der Waals surface area contributed by atoms with Crippen LogP contribution in [-0.4, -0.2) is 43.2 Å². The molecule has 120 valence electrons. The number of alkyl halides is 3. The van der Waals surface area contributed by atoms with E-state index in [9.17, 15) is 18.0 Å². The van der Waals surface area contributed by atoms with Crippen LogP contribution in [0.15, 0.2) is 0 Å². The summed E-state index contributed by atoms with van der Waals surface area (Å²) < 4.78 is 40.3. The number of nitrogens with one attached hydrogen (secondary N) is 1. The molecule has 0 radical (unpaired) electrons. The lowest BCUT2D eigenvalue weighted by Gasteiger charge is -2.43. The predicted octanol–water partition coefficient (Wildman–Crippen LogP) is 2.71. The van der Waals surface area contributed by atoms with E-state index in [2.05, 4.69) is 5.32 Å². The Morgan fingerprint density at radius 1 is 1.00 bits per heavy atom. The quantitative estimate of drug-likeness (QED) is 0.808. The highest BCUT2D eigenvalue weighted by Gasteiger charge is 2.62. The van der Waals surface area contributed by atoms with Crippen molar-refractivity contribution >= 4 is 5.91 Å². The summed E-state index contributed by atoms with van der Waals surface area (Å²) in [6.07, 6.45) is 1.98. The summed E-state index contributed by atoms with van der Waals surface area (Å²) in [5.41, 5.74) is -1.87. The molecule has 1 unspecified atom stereocenters. The maximum absolute atomic E-state index is 13.4. The molecule has 3 nitrogen and oxygen atoms in total. The molecule has 3 rings (SSSR count). The maximum Gasteiger partial charge on any atom is 0.404 e. The number of hydrogen-bond donors (Lipinski definition) is 1. The molecule has 2 heterocycles. The molecule has 2 aliphatic heterocycles. The van der Waals surface area contributed by atoms with E-state index in [1.807, 2.05) is 0 Å². The van der Waals surface area contributed by atoms with Gasteiger partial charge in [-0.15, -0.1) is 0 Å². The average Bonchev–Trinajstić information content (AvgIpc) is 3.08. The van der Waals surface area contributed by atoms with E-state index in [1.165, 1.54) is 30.6 Å². The van der Waals surface area contributed by atoms with Crippen LogP contribution < -0.4 is 5.32 Å². The summed E-state index contributed by atoms with van der Waals surface area (Å²) in [6.45, 7) is 0.993. The zero-order chi connectivity index (χ0) is 15.1. The Labute approximate surface area is 123 Å². The highest BCUT2D eigenvalue weighted by atomic mass is 19.4. The molecule has 6 heteroatoms. The van der Waals surface area contributed by atoms with Crippen molar-refractivity contribution < 1.29 is 18.0 Å². The van der Waals surface area contributed by atoms with Gasteiger partial charge in [0.25, 0.3) is 0 Å². The van der Waals surface area contributed by atoms with Crippen molar-refractivity contribution in [2.45, 2.75) is 51.1 Å². The van der Waals surface area contributed by atoms with Crippen molar-refractivity contribution in [2.24, 2.45) is 10.8 Å². The topological polar surface area (TPSA) is 32.3 Å². The van der Waals surface area contributed by atoms with E-state index in [1.54, 1.807) is 0 Å². The van der Waals surface area contributed by atoms with E-state index in [4.69, 9.17) is 0 Å². The number of carbonyl (C=O) groups excluding carboxylic acids is 1. The number of amides is 1. The molecule has 0 bridgehead atoms. The third-order valence-corrected chi connectivity index (χ3v) is 5.88. The fraction of sp³-hybridized carbons (Fsp3) is 0.933. The molecule has 0 aromatic heterocycles. The van der Waals surface area contributed by atoms with Gasteiger partial charge in [0.15, 0.2) is 5.41 Å². The second-order valence-corrected chi connectivity index (χ2v) is 7.01. The Hall–Kier alpha value is -0.780. The molecule has 1 aliphatic carbocycles. The minimum atomic E-state index is -4.46. The third-order valence-electron chi connectivity index (χ3n) is 5.88. The van der Waals surface area contributed by atoms with Gasteiger partial charge in [-0.1, -0.05) is 12.8 Å². The summed E-state index contributed by atoms with van der Waals surface area (Å²) in [5.74, 6) is -0.701. The van der Waals surface area contributed by atoms with Gasteiger partial charge in [-0.3, -0.25) is 4.79 Å². The normalized spacial score (nSPS) is 32.8. The predicted molar refractivity (Wildman–Crippen MR) is 72.7 cm³/mol. The molecular formula is C15H23F3N2O. The SMILES string of the molecule is O=C(N1CCC2(CCCC2)CC1)C1(C(F)(F)F)CCNC1. The van der Waals surface area contributed by atoms with Crippen LogP contribution in [0.3, 0.4) is 0 Å². The van der Waals surface area contributed by atoms with Crippen LogP contribution >= 0.6 is 0 Å². The number of likely N-dealkylation sites (tertiary alicyclic amines) is 1. The molecule has 3 aliphatic rings. The van der Waals surface area contributed by atoms with Crippen LogP contribution in [0.1, 0.15) is 44.9 Å². The van der Waals surface area contributed by atoms with Gasteiger partial charge >= 0.3 is 6.18 Å². The van der Waals surface area contributed by atoms with Crippen LogP contribution in [0.5, 0.6) is 0 Å². The molecule has 0 aromatic rings. The second kappa shape index (κ2) is 5.14. The fourth-order valence-corrected chi connectivity index (χ4v) is 4.35. The molecule has 1 amide bonds. The summed E-state index contributed by atoms with van der Waals surface area (Å²) >= 11 is 0. The van der Waals surface area contributed by atoms with Crippen LogP contribution in [-0.2, 0) is 4.79 Å². The van der Waals surface area contributed by atoms with Crippen LogP contribution in [0.25, 0.3) is 0 Å². The van der Waals surface area contributed by atoms with Gasteiger partial charge in [-0.2, -0.15) is 13.2 Å². The van der Waals surface area contributed by atoms with Gasteiger partial charge in [-0.25, -0.2) is 0 Å². The highest BCUT2D eigenvalue weighted by Crippen LogP contribution is 2.48. The molecule has 21 heavy (non-hydrogen) atoms. The first-order valence-electron chi connectivity index (χ1n) is 7.96. The monoisotopic (exact) mass is 304 g/mol. The number of piperidine rings is 1. The zero-order valence-corrected chi connectivity index (χ0v) is 12.3. The lowest BCUT2D eigenvalue weighted by Crippen LogP contribution is -2.55. The van der Waals surface area contributed by atoms with Crippen LogP contribution in [0, 0.1) is 10.8 Å². The van der Waals surface area contributed by atoms with Gasteiger partial charge in [0, 0.05) is 19.6 Å². The molecule has 1 N–H and O–H groups in total. The maximum atomic E-state index is 13.4. The summed E-state index contributed by atoms with van der Waals surface area (Å²) in [6, 6.07) is 0. The van der Waals surface area contributed by atoms with Crippen molar-refractivity contribution in [3.63, 3.8) is 0 Å². The standard InChI is InChI=1S/C15H23F3N2O/c16-15(17,18)14(5-8-19-11-14)12(21)20-9-6-13(7-10-20)3-1-2-4-13/h19H,1-11H2. The van der Waals surface area contributed by atoms with E-state index in [0.29, 0.717) is 18.5 Å². The van der Waals surface area contributed by atoms with E-state index < -0.39 is 17.5 Å². The first kappa shape index (κ1) is 15.1. The molecule has 2 saturated heterocycles. The Morgan fingerprint density at radius 3 is 2.10 bits per heavy atom. The average molecular weight is 304 g/mol. The minimum absolute atomic E-state index is 0.128. The largest absolute Gasteiger partial charge is 0.404 e. The minimum Gasteiger partial charge on any atom is -0.342 e. The third kappa shape index (κ3) is 2.45. The Bertz CT molecular complexity index is 400. The van der Waals surface area contributed by atoms with Gasteiger partial charge in [-0.05, 0) is 44.1 Å². The van der Waals surface area contributed by atoms with Gasteiger partial charge in [0.1, 0.15) is 0 Å². The van der Waals surface area contributed by atoms with E-state index >= 15 is 0 Å². The number of nitrogens with zero attached hydrogens (tertiary/aromatic N) is 1. The van der Waals surface area contributed by atoms with Gasteiger partial charge < -0.3 is 10.2 Å².